The minimum Gasteiger partial charge on any atom is -0.496 e. The Morgan fingerprint density at radius 2 is 1.80 bits per heavy atom. The maximum atomic E-state index is 9.43. The summed E-state index contributed by atoms with van der Waals surface area (Å²) < 4.78 is 12.4. The van der Waals surface area contributed by atoms with Crippen LogP contribution in [0, 0.1) is 0 Å². The molecule has 6 heteroatoms. The molecule has 0 saturated heterocycles. The topological polar surface area (TPSA) is 51.6 Å². The molecule has 1 N–H and O–H groups in total. The van der Waals surface area contributed by atoms with Crippen LogP contribution >= 0.6 is 31.9 Å². The fraction of sp³-hybridized carbons (Fsp3) is 0.214. The molecule has 0 amide bonds. The van der Waals surface area contributed by atoms with E-state index in [4.69, 9.17) is 9.47 Å². The first-order chi connectivity index (χ1) is 9.51. The Morgan fingerprint density at radius 1 is 1.15 bits per heavy atom. The van der Waals surface area contributed by atoms with E-state index in [1.165, 1.54) is 0 Å². The molecular formula is C14H13Br2NO3. The number of rotatable bonds is 4. The lowest BCUT2D eigenvalue weighted by Crippen LogP contribution is -1.94. The van der Waals surface area contributed by atoms with E-state index in [2.05, 4.69) is 36.8 Å². The van der Waals surface area contributed by atoms with Crippen LogP contribution in [0.15, 0.2) is 39.4 Å². The normalized spacial score (nSPS) is 12.1. The van der Waals surface area contributed by atoms with Gasteiger partial charge in [0.15, 0.2) is 0 Å². The van der Waals surface area contributed by atoms with Crippen molar-refractivity contribution in [3.8, 4) is 17.4 Å². The highest BCUT2D eigenvalue weighted by Gasteiger charge is 2.10. The molecule has 0 aliphatic rings. The summed E-state index contributed by atoms with van der Waals surface area (Å²) in [5, 5.41) is 9.43. The van der Waals surface area contributed by atoms with E-state index in [0.29, 0.717) is 17.4 Å². The van der Waals surface area contributed by atoms with Gasteiger partial charge < -0.3 is 14.6 Å². The average molecular weight is 403 g/mol. The summed E-state index contributed by atoms with van der Waals surface area (Å²) in [6, 6.07) is 7.10. The van der Waals surface area contributed by atoms with E-state index < -0.39 is 6.10 Å². The second kappa shape index (κ2) is 6.56. The van der Waals surface area contributed by atoms with Crippen molar-refractivity contribution in [2.24, 2.45) is 0 Å². The average Bonchev–Trinajstić information content (AvgIpc) is 2.43. The predicted molar refractivity (Wildman–Crippen MR) is 83.3 cm³/mol. The Kier molecular flexibility index (Phi) is 5.01. The highest BCUT2D eigenvalue weighted by atomic mass is 79.9. The van der Waals surface area contributed by atoms with Gasteiger partial charge in [-0.15, -0.1) is 0 Å². The first-order valence-electron chi connectivity index (χ1n) is 5.86. The quantitative estimate of drug-likeness (QED) is 0.820. The van der Waals surface area contributed by atoms with Crippen molar-refractivity contribution in [1.29, 1.82) is 0 Å². The maximum absolute atomic E-state index is 9.43. The van der Waals surface area contributed by atoms with E-state index in [1.54, 1.807) is 38.4 Å². The third-order valence-corrected chi connectivity index (χ3v) is 3.90. The number of methoxy groups -OCH3 is 1. The number of aromatic nitrogens is 1. The fourth-order valence-electron chi connectivity index (χ4n) is 1.56. The number of pyridine rings is 1. The van der Waals surface area contributed by atoms with E-state index in [-0.39, 0.29) is 0 Å². The summed E-state index contributed by atoms with van der Waals surface area (Å²) in [5.41, 5.74) is 0.743. The van der Waals surface area contributed by atoms with Gasteiger partial charge >= 0.3 is 0 Å². The van der Waals surface area contributed by atoms with Crippen LogP contribution in [-0.4, -0.2) is 17.2 Å². The van der Waals surface area contributed by atoms with Gasteiger partial charge in [-0.3, -0.25) is 0 Å². The van der Waals surface area contributed by atoms with Crippen molar-refractivity contribution in [2.45, 2.75) is 13.0 Å². The molecular weight excluding hydrogens is 390 g/mol. The van der Waals surface area contributed by atoms with Crippen LogP contribution in [0.5, 0.6) is 17.4 Å². The molecule has 0 aliphatic heterocycles. The first-order valence-corrected chi connectivity index (χ1v) is 7.44. The van der Waals surface area contributed by atoms with Gasteiger partial charge in [0, 0.05) is 12.3 Å². The molecule has 0 bridgehead atoms. The number of hydrogen-bond acceptors (Lipinski definition) is 4. The third-order valence-electron chi connectivity index (χ3n) is 2.66. The number of benzene rings is 1. The van der Waals surface area contributed by atoms with Crippen molar-refractivity contribution >= 4 is 31.9 Å². The minimum absolute atomic E-state index is 0.451. The van der Waals surface area contributed by atoms with Gasteiger partial charge in [0.1, 0.15) is 11.5 Å². The monoisotopic (exact) mass is 401 g/mol. The molecule has 0 saturated carbocycles. The molecule has 1 atom stereocenters. The van der Waals surface area contributed by atoms with Crippen molar-refractivity contribution in [3.05, 3.63) is 45.0 Å². The minimum atomic E-state index is -0.543. The van der Waals surface area contributed by atoms with Crippen LogP contribution in [0.1, 0.15) is 18.6 Å². The maximum Gasteiger partial charge on any atom is 0.219 e. The lowest BCUT2D eigenvalue weighted by Gasteiger charge is -2.11. The first kappa shape index (κ1) is 15.3. The number of nitrogens with zero attached hydrogens (tertiary/aromatic N) is 1. The van der Waals surface area contributed by atoms with Crippen molar-refractivity contribution in [1.82, 2.24) is 4.98 Å². The van der Waals surface area contributed by atoms with Crippen LogP contribution < -0.4 is 9.47 Å². The molecule has 1 heterocycles. The summed E-state index contributed by atoms with van der Waals surface area (Å²) in [5.74, 6) is 1.78. The van der Waals surface area contributed by atoms with Gasteiger partial charge in [-0.1, -0.05) is 0 Å². The zero-order chi connectivity index (χ0) is 14.7. The number of ether oxygens (including phenoxy) is 2. The summed E-state index contributed by atoms with van der Waals surface area (Å²) in [7, 11) is 1.60. The zero-order valence-corrected chi connectivity index (χ0v) is 14.1. The summed E-state index contributed by atoms with van der Waals surface area (Å²) in [6.45, 7) is 1.69. The number of aliphatic hydroxyl groups excluding tert-OH is 1. The summed E-state index contributed by atoms with van der Waals surface area (Å²) >= 11 is 6.83. The lowest BCUT2D eigenvalue weighted by molar-refractivity contribution is 0.198. The highest BCUT2D eigenvalue weighted by molar-refractivity contribution is 9.11. The van der Waals surface area contributed by atoms with E-state index in [9.17, 15) is 5.11 Å². The fourth-order valence-corrected chi connectivity index (χ4v) is 2.44. The standard InChI is InChI=1S/C14H13Br2NO3/c1-8(18)9-3-4-14(17-7-9)20-13-6-10(15)12(19-2)5-11(13)16/h3-8,18H,1-2H3. The Bertz CT molecular complexity index is 600. The van der Waals surface area contributed by atoms with Crippen LogP contribution in [-0.2, 0) is 0 Å². The second-order valence-corrected chi connectivity index (χ2v) is 5.83. The molecule has 2 rings (SSSR count). The van der Waals surface area contributed by atoms with Crippen molar-refractivity contribution in [3.63, 3.8) is 0 Å². The van der Waals surface area contributed by atoms with Crippen LogP contribution in [0.3, 0.4) is 0 Å². The number of hydrogen-bond donors (Lipinski definition) is 1. The Hall–Kier alpha value is -1.11. The van der Waals surface area contributed by atoms with Crippen LogP contribution in [0.2, 0.25) is 0 Å². The van der Waals surface area contributed by atoms with Crippen molar-refractivity contribution < 1.29 is 14.6 Å². The Morgan fingerprint density at radius 3 is 2.35 bits per heavy atom. The van der Waals surface area contributed by atoms with E-state index >= 15 is 0 Å². The molecule has 1 aromatic carbocycles. The van der Waals surface area contributed by atoms with Gasteiger partial charge in [0.2, 0.25) is 5.88 Å². The zero-order valence-electron chi connectivity index (χ0n) is 10.9. The second-order valence-electron chi connectivity index (χ2n) is 4.12. The smallest absolute Gasteiger partial charge is 0.219 e. The molecule has 1 aromatic heterocycles. The highest BCUT2D eigenvalue weighted by Crippen LogP contribution is 2.37. The summed E-state index contributed by atoms with van der Waals surface area (Å²) in [6.07, 6.45) is 1.05. The molecule has 0 fully saturated rings. The molecule has 0 radical (unpaired) electrons. The SMILES string of the molecule is COc1cc(Br)c(Oc2ccc(C(C)O)cn2)cc1Br. The van der Waals surface area contributed by atoms with Crippen LogP contribution in [0.4, 0.5) is 0 Å². The van der Waals surface area contributed by atoms with Crippen LogP contribution in [0.25, 0.3) is 0 Å². The Balaban J connectivity index is 2.23. The van der Waals surface area contributed by atoms with E-state index in [1.807, 2.05) is 6.07 Å². The largest absolute Gasteiger partial charge is 0.496 e. The lowest BCUT2D eigenvalue weighted by atomic mass is 10.2. The molecule has 2 aromatic rings. The van der Waals surface area contributed by atoms with Gasteiger partial charge in [-0.25, -0.2) is 4.98 Å². The molecule has 106 valence electrons. The number of halogens is 2. The molecule has 0 aliphatic carbocycles. The molecule has 4 nitrogen and oxygen atoms in total. The van der Waals surface area contributed by atoms with Gasteiger partial charge in [-0.05, 0) is 62.5 Å². The van der Waals surface area contributed by atoms with E-state index in [0.717, 1.165) is 14.5 Å². The molecule has 20 heavy (non-hydrogen) atoms. The van der Waals surface area contributed by atoms with Gasteiger partial charge in [-0.2, -0.15) is 0 Å². The van der Waals surface area contributed by atoms with Gasteiger partial charge in [0.05, 0.1) is 22.2 Å². The summed E-state index contributed by atoms with van der Waals surface area (Å²) in [4.78, 5) is 4.16. The van der Waals surface area contributed by atoms with Crippen molar-refractivity contribution in [2.75, 3.05) is 7.11 Å². The molecule has 1 unspecified atom stereocenters. The molecule has 0 spiro atoms. The third kappa shape index (κ3) is 3.50. The predicted octanol–water partition coefficient (Wildman–Crippen LogP) is 4.46. The van der Waals surface area contributed by atoms with Gasteiger partial charge in [0.25, 0.3) is 0 Å². The Labute approximate surface area is 134 Å². The number of aliphatic hydroxyl groups is 1.